The topological polar surface area (TPSA) is 49.6 Å². The highest BCUT2D eigenvalue weighted by Crippen LogP contribution is 2.41. The lowest BCUT2D eigenvalue weighted by molar-refractivity contribution is 0.510. The second-order valence-electron chi connectivity index (χ2n) is 5.74. The molecule has 0 spiro atoms. The lowest BCUT2D eigenvalue weighted by Gasteiger charge is -2.11. The Morgan fingerprint density at radius 2 is 2.26 bits per heavy atom. The highest BCUT2D eigenvalue weighted by molar-refractivity contribution is 6.30. The van der Waals surface area contributed by atoms with Gasteiger partial charge in [-0.2, -0.15) is 0 Å². The van der Waals surface area contributed by atoms with E-state index < -0.39 is 0 Å². The van der Waals surface area contributed by atoms with Crippen LogP contribution in [0.15, 0.2) is 52.1 Å². The van der Waals surface area contributed by atoms with Crippen molar-refractivity contribution in [2.75, 3.05) is 13.1 Å². The molecule has 0 bridgehead atoms. The molecule has 1 saturated carbocycles. The third-order valence-electron chi connectivity index (χ3n) is 3.94. The van der Waals surface area contributed by atoms with Gasteiger partial charge in [0.25, 0.3) is 0 Å². The summed E-state index contributed by atoms with van der Waals surface area (Å²) >= 11 is 6.07. The first kappa shape index (κ1) is 15.9. The third kappa shape index (κ3) is 4.52. The van der Waals surface area contributed by atoms with E-state index in [0.29, 0.717) is 18.5 Å². The van der Waals surface area contributed by atoms with E-state index in [-0.39, 0.29) is 0 Å². The van der Waals surface area contributed by atoms with Crippen molar-refractivity contribution in [3.05, 3.63) is 59.0 Å². The molecule has 1 fully saturated rings. The Morgan fingerprint density at radius 1 is 1.35 bits per heavy atom. The molecule has 5 heteroatoms. The molecule has 2 atom stereocenters. The molecule has 0 aliphatic heterocycles. The Bertz CT molecular complexity index is 654. The Hall–Kier alpha value is -1.94. The first-order chi connectivity index (χ1) is 11.3. The summed E-state index contributed by atoms with van der Waals surface area (Å²) < 4.78 is 5.33. The van der Waals surface area contributed by atoms with Crippen LogP contribution in [0.5, 0.6) is 0 Å². The average Bonchev–Trinajstić information content (AvgIpc) is 3.10. The summed E-state index contributed by atoms with van der Waals surface area (Å²) in [6.07, 6.45) is 3.62. The molecule has 1 aliphatic rings. The van der Waals surface area contributed by atoms with Crippen molar-refractivity contribution in [3.63, 3.8) is 0 Å². The van der Waals surface area contributed by atoms with Crippen molar-refractivity contribution in [1.82, 2.24) is 10.6 Å². The maximum Gasteiger partial charge on any atom is 0.191 e. The third-order valence-corrected chi connectivity index (χ3v) is 4.18. The van der Waals surface area contributed by atoms with Crippen molar-refractivity contribution in [2.24, 2.45) is 4.99 Å². The number of hydrogen-bond donors (Lipinski definition) is 2. The van der Waals surface area contributed by atoms with E-state index in [1.165, 1.54) is 5.56 Å². The van der Waals surface area contributed by atoms with Gasteiger partial charge in [0.15, 0.2) is 5.96 Å². The summed E-state index contributed by atoms with van der Waals surface area (Å²) in [4.78, 5) is 4.62. The summed E-state index contributed by atoms with van der Waals surface area (Å²) in [5, 5.41) is 7.60. The van der Waals surface area contributed by atoms with Crippen molar-refractivity contribution in [3.8, 4) is 0 Å². The molecule has 2 unspecified atom stereocenters. The van der Waals surface area contributed by atoms with Crippen LogP contribution < -0.4 is 10.6 Å². The Labute approximate surface area is 141 Å². The number of aliphatic imine (C=N–C) groups is 1. The van der Waals surface area contributed by atoms with Gasteiger partial charge in [0, 0.05) is 36.5 Å². The second kappa shape index (κ2) is 7.55. The molecule has 1 aromatic heterocycles. The van der Waals surface area contributed by atoms with Gasteiger partial charge < -0.3 is 15.1 Å². The Kier molecular flexibility index (Phi) is 5.23. The fourth-order valence-electron chi connectivity index (χ4n) is 2.69. The minimum Gasteiger partial charge on any atom is -0.469 e. The molecule has 2 N–H and O–H groups in total. The van der Waals surface area contributed by atoms with Crippen LogP contribution in [0.4, 0.5) is 0 Å². The lowest BCUT2D eigenvalue weighted by Crippen LogP contribution is -2.39. The molecular formula is C18H22ClN3O. The number of hydrogen-bond acceptors (Lipinski definition) is 2. The zero-order valence-electron chi connectivity index (χ0n) is 13.3. The van der Waals surface area contributed by atoms with Gasteiger partial charge in [-0.3, -0.25) is 4.99 Å². The maximum atomic E-state index is 6.07. The molecule has 0 radical (unpaired) electrons. The van der Waals surface area contributed by atoms with E-state index in [9.17, 15) is 0 Å². The van der Waals surface area contributed by atoms with Crippen LogP contribution in [-0.2, 0) is 6.42 Å². The van der Waals surface area contributed by atoms with Gasteiger partial charge in [0.1, 0.15) is 5.76 Å². The van der Waals surface area contributed by atoms with Crippen LogP contribution >= 0.6 is 11.6 Å². The lowest BCUT2D eigenvalue weighted by atomic mass is 10.1. The van der Waals surface area contributed by atoms with Gasteiger partial charge >= 0.3 is 0 Å². The summed E-state index contributed by atoms with van der Waals surface area (Å²) in [6.45, 7) is 3.63. The molecule has 1 aromatic carbocycles. The van der Waals surface area contributed by atoms with E-state index in [0.717, 1.165) is 36.1 Å². The van der Waals surface area contributed by atoms with Crippen LogP contribution in [0.3, 0.4) is 0 Å². The summed E-state index contributed by atoms with van der Waals surface area (Å²) in [5.74, 6) is 2.35. The summed E-state index contributed by atoms with van der Waals surface area (Å²) in [5.41, 5.74) is 1.29. The van der Waals surface area contributed by atoms with E-state index in [2.05, 4.69) is 34.7 Å². The van der Waals surface area contributed by atoms with E-state index >= 15 is 0 Å². The summed E-state index contributed by atoms with van der Waals surface area (Å²) in [7, 11) is 0. The number of furan rings is 1. The van der Waals surface area contributed by atoms with Gasteiger partial charge in [0.05, 0.1) is 6.26 Å². The monoisotopic (exact) mass is 331 g/mol. The minimum atomic E-state index is 0.426. The molecule has 0 amide bonds. The quantitative estimate of drug-likeness (QED) is 0.628. The average molecular weight is 332 g/mol. The van der Waals surface area contributed by atoms with Crippen LogP contribution in [0.25, 0.3) is 0 Å². The van der Waals surface area contributed by atoms with E-state index in [1.807, 2.05) is 24.3 Å². The molecule has 2 aromatic rings. The Balaban J connectivity index is 1.53. The second-order valence-corrected chi connectivity index (χ2v) is 6.17. The smallest absolute Gasteiger partial charge is 0.191 e. The molecule has 3 rings (SSSR count). The normalized spacial score (nSPS) is 20.3. The van der Waals surface area contributed by atoms with Gasteiger partial charge in [-0.15, -0.1) is 0 Å². The SMILES string of the molecule is CCNC(=NCCc1ccco1)NC1CC1c1cccc(Cl)c1. The van der Waals surface area contributed by atoms with Crippen LogP contribution in [0.2, 0.25) is 5.02 Å². The Morgan fingerprint density at radius 3 is 3.00 bits per heavy atom. The molecule has 1 heterocycles. The van der Waals surface area contributed by atoms with Crippen molar-refractivity contribution >= 4 is 17.6 Å². The first-order valence-corrected chi connectivity index (χ1v) is 8.46. The molecular weight excluding hydrogens is 310 g/mol. The van der Waals surface area contributed by atoms with Gasteiger partial charge in [0.2, 0.25) is 0 Å². The predicted molar refractivity (Wildman–Crippen MR) is 94.1 cm³/mol. The maximum absolute atomic E-state index is 6.07. The highest BCUT2D eigenvalue weighted by Gasteiger charge is 2.39. The van der Waals surface area contributed by atoms with Crippen LogP contribution in [0.1, 0.15) is 30.6 Å². The summed E-state index contributed by atoms with van der Waals surface area (Å²) in [6, 6.07) is 12.4. The van der Waals surface area contributed by atoms with Crippen molar-refractivity contribution < 1.29 is 4.42 Å². The molecule has 0 saturated heterocycles. The largest absolute Gasteiger partial charge is 0.469 e. The van der Waals surface area contributed by atoms with Crippen LogP contribution in [-0.4, -0.2) is 25.1 Å². The standard InChI is InChI=1S/C18H22ClN3O/c1-2-20-18(21-9-8-15-7-4-10-23-15)22-17-12-16(17)13-5-3-6-14(19)11-13/h3-7,10-11,16-17H,2,8-9,12H2,1H3,(H2,20,21,22). The molecule has 23 heavy (non-hydrogen) atoms. The fourth-order valence-corrected chi connectivity index (χ4v) is 2.89. The highest BCUT2D eigenvalue weighted by atomic mass is 35.5. The fraction of sp³-hybridized carbons (Fsp3) is 0.389. The number of nitrogens with one attached hydrogen (secondary N) is 2. The molecule has 122 valence electrons. The van der Waals surface area contributed by atoms with Gasteiger partial charge in [-0.25, -0.2) is 0 Å². The van der Waals surface area contributed by atoms with Crippen molar-refractivity contribution in [2.45, 2.75) is 31.7 Å². The first-order valence-electron chi connectivity index (χ1n) is 8.09. The van der Waals surface area contributed by atoms with Gasteiger partial charge in [-0.05, 0) is 43.2 Å². The van der Waals surface area contributed by atoms with E-state index in [4.69, 9.17) is 16.0 Å². The van der Waals surface area contributed by atoms with Crippen molar-refractivity contribution in [1.29, 1.82) is 0 Å². The zero-order valence-corrected chi connectivity index (χ0v) is 14.0. The number of benzene rings is 1. The predicted octanol–water partition coefficient (Wildman–Crippen LogP) is 3.59. The number of rotatable bonds is 6. The number of halogens is 1. The number of guanidine groups is 1. The number of nitrogens with zero attached hydrogens (tertiary/aromatic N) is 1. The molecule has 4 nitrogen and oxygen atoms in total. The zero-order chi connectivity index (χ0) is 16.1. The van der Waals surface area contributed by atoms with Gasteiger partial charge in [-0.1, -0.05) is 23.7 Å². The molecule has 1 aliphatic carbocycles. The minimum absolute atomic E-state index is 0.426. The van der Waals surface area contributed by atoms with Crippen LogP contribution in [0, 0.1) is 0 Å². The van der Waals surface area contributed by atoms with E-state index in [1.54, 1.807) is 6.26 Å².